The molecule has 1 atom stereocenters. The van der Waals surface area contributed by atoms with Gasteiger partial charge in [0, 0.05) is 24.7 Å². The summed E-state index contributed by atoms with van der Waals surface area (Å²) in [5.41, 5.74) is 2.71. The number of nitrogens with one attached hydrogen (secondary N) is 2. The van der Waals surface area contributed by atoms with E-state index in [1.54, 1.807) is 7.05 Å². The SMILES string of the molecule is CNC(=O)c1ccc(CCC(C)(C)NC[C@H](O)c2ccccc2)cc1. The Bertz CT molecular complexity index is 666. The molecule has 0 aliphatic carbocycles. The van der Waals surface area contributed by atoms with Gasteiger partial charge in [-0.05, 0) is 49.9 Å². The zero-order chi connectivity index (χ0) is 18.3. The number of hydrogen-bond donors (Lipinski definition) is 3. The molecule has 0 fully saturated rings. The van der Waals surface area contributed by atoms with Gasteiger partial charge >= 0.3 is 0 Å². The van der Waals surface area contributed by atoms with Crippen LogP contribution in [0.3, 0.4) is 0 Å². The lowest BCUT2D eigenvalue weighted by Crippen LogP contribution is -2.41. The molecule has 0 saturated heterocycles. The van der Waals surface area contributed by atoms with E-state index in [-0.39, 0.29) is 11.4 Å². The fourth-order valence-electron chi connectivity index (χ4n) is 2.68. The molecular formula is C21H28N2O2. The Balaban J connectivity index is 1.83. The van der Waals surface area contributed by atoms with Crippen molar-refractivity contribution in [1.29, 1.82) is 0 Å². The number of hydrogen-bond acceptors (Lipinski definition) is 3. The van der Waals surface area contributed by atoms with Gasteiger partial charge in [0.2, 0.25) is 0 Å². The van der Waals surface area contributed by atoms with Gasteiger partial charge in [-0.25, -0.2) is 0 Å². The van der Waals surface area contributed by atoms with Gasteiger partial charge in [-0.3, -0.25) is 4.79 Å². The number of aliphatic hydroxyl groups excluding tert-OH is 1. The lowest BCUT2D eigenvalue weighted by atomic mass is 9.94. The largest absolute Gasteiger partial charge is 0.387 e. The lowest BCUT2D eigenvalue weighted by Gasteiger charge is -2.28. The highest BCUT2D eigenvalue weighted by Gasteiger charge is 2.19. The highest BCUT2D eigenvalue weighted by Crippen LogP contribution is 2.17. The molecule has 2 aromatic rings. The summed E-state index contributed by atoms with van der Waals surface area (Å²) in [5, 5.41) is 16.4. The predicted molar refractivity (Wildman–Crippen MR) is 102 cm³/mol. The molecule has 0 aromatic heterocycles. The first-order valence-electron chi connectivity index (χ1n) is 8.70. The molecular weight excluding hydrogens is 312 g/mol. The maximum Gasteiger partial charge on any atom is 0.251 e. The van der Waals surface area contributed by atoms with Gasteiger partial charge in [0.1, 0.15) is 0 Å². The van der Waals surface area contributed by atoms with Crippen LogP contribution >= 0.6 is 0 Å². The Morgan fingerprint density at radius 3 is 2.32 bits per heavy atom. The molecule has 0 bridgehead atoms. The van der Waals surface area contributed by atoms with Crippen molar-refractivity contribution >= 4 is 5.91 Å². The number of benzene rings is 2. The molecule has 0 saturated carbocycles. The molecule has 3 N–H and O–H groups in total. The van der Waals surface area contributed by atoms with Crippen LogP contribution in [0.1, 0.15) is 47.9 Å². The number of aryl methyl sites for hydroxylation is 1. The number of β-amino-alcohol motifs (C(OH)–C–C–N with tert-alkyl or cyclic N) is 1. The molecule has 134 valence electrons. The molecule has 2 rings (SSSR count). The van der Waals surface area contributed by atoms with Crippen LogP contribution < -0.4 is 10.6 Å². The van der Waals surface area contributed by atoms with Crippen molar-refractivity contribution in [3.8, 4) is 0 Å². The number of carbonyl (C=O) groups is 1. The summed E-state index contributed by atoms with van der Waals surface area (Å²) in [7, 11) is 1.63. The third kappa shape index (κ3) is 6.00. The van der Waals surface area contributed by atoms with Crippen LogP contribution in [0.15, 0.2) is 54.6 Å². The topological polar surface area (TPSA) is 61.4 Å². The fraction of sp³-hybridized carbons (Fsp3) is 0.381. The molecule has 0 spiro atoms. The summed E-state index contributed by atoms with van der Waals surface area (Å²) in [6, 6.07) is 17.4. The smallest absolute Gasteiger partial charge is 0.251 e. The first-order chi connectivity index (χ1) is 11.9. The molecule has 0 aliphatic heterocycles. The van der Waals surface area contributed by atoms with Gasteiger partial charge in [0.15, 0.2) is 0 Å². The van der Waals surface area contributed by atoms with E-state index in [0.717, 1.165) is 18.4 Å². The molecule has 0 radical (unpaired) electrons. The minimum Gasteiger partial charge on any atom is -0.387 e. The summed E-state index contributed by atoms with van der Waals surface area (Å²) in [5.74, 6) is -0.0663. The van der Waals surface area contributed by atoms with Gasteiger partial charge < -0.3 is 15.7 Å². The zero-order valence-corrected chi connectivity index (χ0v) is 15.3. The summed E-state index contributed by atoms with van der Waals surface area (Å²) < 4.78 is 0. The molecule has 4 nitrogen and oxygen atoms in total. The summed E-state index contributed by atoms with van der Waals surface area (Å²) >= 11 is 0. The van der Waals surface area contributed by atoms with Crippen molar-refractivity contribution in [1.82, 2.24) is 10.6 Å². The van der Waals surface area contributed by atoms with Crippen molar-refractivity contribution in [2.24, 2.45) is 0 Å². The van der Waals surface area contributed by atoms with Crippen molar-refractivity contribution in [2.75, 3.05) is 13.6 Å². The van der Waals surface area contributed by atoms with Crippen LogP contribution in [0.25, 0.3) is 0 Å². The number of amides is 1. The average molecular weight is 340 g/mol. The fourth-order valence-corrected chi connectivity index (χ4v) is 2.68. The Morgan fingerprint density at radius 1 is 1.08 bits per heavy atom. The van der Waals surface area contributed by atoms with E-state index < -0.39 is 6.10 Å². The normalized spacial score (nSPS) is 12.6. The predicted octanol–water partition coefficient (Wildman–Crippen LogP) is 3.08. The molecule has 25 heavy (non-hydrogen) atoms. The van der Waals surface area contributed by atoms with Gasteiger partial charge in [0.25, 0.3) is 5.91 Å². The first kappa shape index (κ1) is 19.2. The number of carbonyl (C=O) groups excluding carboxylic acids is 1. The lowest BCUT2D eigenvalue weighted by molar-refractivity contribution is 0.0963. The van der Waals surface area contributed by atoms with Gasteiger partial charge in [-0.1, -0.05) is 42.5 Å². The molecule has 0 heterocycles. The molecule has 1 amide bonds. The second-order valence-corrected chi connectivity index (χ2v) is 6.97. The van der Waals surface area contributed by atoms with Crippen LogP contribution in [-0.4, -0.2) is 30.1 Å². The van der Waals surface area contributed by atoms with Crippen LogP contribution in [0.5, 0.6) is 0 Å². The third-order valence-corrected chi connectivity index (χ3v) is 4.44. The second kappa shape index (κ2) is 8.79. The molecule has 4 heteroatoms. The minimum atomic E-state index is -0.507. The third-order valence-electron chi connectivity index (χ3n) is 4.44. The first-order valence-corrected chi connectivity index (χ1v) is 8.70. The van der Waals surface area contributed by atoms with E-state index in [4.69, 9.17) is 0 Å². The minimum absolute atomic E-state index is 0.0663. The average Bonchev–Trinajstić information content (AvgIpc) is 2.65. The monoisotopic (exact) mass is 340 g/mol. The van der Waals surface area contributed by atoms with Gasteiger partial charge in [-0.15, -0.1) is 0 Å². The van der Waals surface area contributed by atoms with Crippen molar-refractivity contribution in [3.63, 3.8) is 0 Å². The molecule has 2 aromatic carbocycles. The van der Waals surface area contributed by atoms with Crippen LogP contribution in [0.4, 0.5) is 0 Å². The standard InChI is InChI=1S/C21H28N2O2/c1-21(2,23-15-19(24)17-7-5-4-6-8-17)14-13-16-9-11-18(12-10-16)20(25)22-3/h4-12,19,23-24H,13-15H2,1-3H3,(H,22,25)/t19-/m0/s1. The highest BCUT2D eigenvalue weighted by atomic mass is 16.3. The Hall–Kier alpha value is -2.17. The van der Waals surface area contributed by atoms with Crippen molar-refractivity contribution in [3.05, 3.63) is 71.3 Å². The van der Waals surface area contributed by atoms with E-state index in [0.29, 0.717) is 12.1 Å². The van der Waals surface area contributed by atoms with E-state index in [9.17, 15) is 9.90 Å². The number of rotatable bonds is 8. The maximum atomic E-state index is 11.6. The molecule has 0 aliphatic rings. The Kier molecular flexibility index (Phi) is 6.73. The van der Waals surface area contributed by atoms with E-state index in [2.05, 4.69) is 24.5 Å². The van der Waals surface area contributed by atoms with E-state index >= 15 is 0 Å². The van der Waals surface area contributed by atoms with Gasteiger partial charge in [-0.2, -0.15) is 0 Å². The highest BCUT2D eigenvalue weighted by molar-refractivity contribution is 5.93. The Labute approximate surface area is 150 Å². The summed E-state index contributed by atoms with van der Waals surface area (Å²) in [4.78, 5) is 11.6. The number of aliphatic hydroxyl groups is 1. The Morgan fingerprint density at radius 2 is 1.72 bits per heavy atom. The quantitative estimate of drug-likeness (QED) is 0.692. The summed E-state index contributed by atoms with van der Waals surface area (Å²) in [6.07, 6.45) is 1.34. The van der Waals surface area contributed by atoms with Crippen LogP contribution in [0.2, 0.25) is 0 Å². The van der Waals surface area contributed by atoms with Gasteiger partial charge in [0.05, 0.1) is 6.10 Å². The van der Waals surface area contributed by atoms with Crippen molar-refractivity contribution < 1.29 is 9.90 Å². The van der Waals surface area contributed by atoms with Crippen LogP contribution in [-0.2, 0) is 6.42 Å². The summed E-state index contributed by atoms with van der Waals surface area (Å²) in [6.45, 7) is 4.81. The second-order valence-electron chi connectivity index (χ2n) is 6.97. The zero-order valence-electron chi connectivity index (χ0n) is 15.3. The van der Waals surface area contributed by atoms with E-state index in [1.165, 1.54) is 5.56 Å². The van der Waals surface area contributed by atoms with E-state index in [1.807, 2.05) is 54.6 Å². The van der Waals surface area contributed by atoms with Crippen molar-refractivity contribution in [2.45, 2.75) is 38.3 Å². The van der Waals surface area contributed by atoms with Crippen LogP contribution in [0, 0.1) is 0 Å². The maximum absolute atomic E-state index is 11.6. The molecule has 0 unspecified atom stereocenters.